The van der Waals surface area contributed by atoms with Gasteiger partial charge in [0.15, 0.2) is 0 Å². The van der Waals surface area contributed by atoms with Gasteiger partial charge >= 0.3 is 16.3 Å². The maximum Gasteiger partial charge on any atom is 0.367 e. The van der Waals surface area contributed by atoms with Gasteiger partial charge in [0.25, 0.3) is 0 Å². The fourth-order valence-corrected chi connectivity index (χ4v) is 7.71. The second-order valence-electron chi connectivity index (χ2n) is 10.9. The van der Waals surface area contributed by atoms with Crippen LogP contribution in [0.5, 0.6) is 0 Å². The Labute approximate surface area is 212 Å². The number of fused-ring (bicyclic) bond motifs is 4. The number of carbonyl (C=O) groups excluding carboxylic acids is 1. The predicted octanol–water partition coefficient (Wildman–Crippen LogP) is 4.24. The zero-order valence-electron chi connectivity index (χ0n) is 21.1. The van der Waals surface area contributed by atoms with Gasteiger partial charge in [0.2, 0.25) is 0 Å². The van der Waals surface area contributed by atoms with Crippen molar-refractivity contribution in [3.63, 3.8) is 0 Å². The van der Waals surface area contributed by atoms with E-state index in [1.807, 2.05) is 51.1 Å². The third-order valence-electron chi connectivity index (χ3n) is 8.58. The molecule has 2 aromatic rings. The van der Waals surface area contributed by atoms with Crippen molar-refractivity contribution in [3.8, 4) is 0 Å². The summed E-state index contributed by atoms with van der Waals surface area (Å²) in [6.45, 7) is 8.22. The number of imidazole rings is 1. The summed E-state index contributed by atoms with van der Waals surface area (Å²) >= 11 is 0. The Morgan fingerprint density at radius 3 is 2.67 bits per heavy atom. The molecule has 0 amide bonds. The Morgan fingerprint density at radius 2 is 2.00 bits per heavy atom. The lowest BCUT2D eigenvalue weighted by Crippen LogP contribution is -2.62. The number of hydrogen-bond donors (Lipinski definition) is 0. The summed E-state index contributed by atoms with van der Waals surface area (Å²) in [5.74, 6) is -0.114. The van der Waals surface area contributed by atoms with Crippen molar-refractivity contribution >= 4 is 22.3 Å². The topological polar surface area (TPSA) is 96.7 Å². The minimum atomic E-state index is -4.10. The first kappa shape index (κ1) is 25.2. The molecule has 2 bridgehead atoms. The maximum atomic E-state index is 13.1. The quantitative estimate of drug-likeness (QED) is 0.403. The van der Waals surface area contributed by atoms with E-state index in [2.05, 4.69) is 11.9 Å². The van der Waals surface area contributed by atoms with Gasteiger partial charge in [-0.2, -0.15) is 8.42 Å². The molecule has 3 fully saturated rings. The first-order chi connectivity index (χ1) is 17.1. The summed E-state index contributed by atoms with van der Waals surface area (Å²) < 4.78 is 46.0. The minimum Gasteiger partial charge on any atom is -0.456 e. The van der Waals surface area contributed by atoms with Crippen LogP contribution < -0.4 is 0 Å². The van der Waals surface area contributed by atoms with Gasteiger partial charge in [-0.25, -0.2) is 17.9 Å². The molecule has 1 saturated carbocycles. The molecular weight excluding hydrogens is 480 g/mol. The Bertz CT molecular complexity index is 1230. The summed E-state index contributed by atoms with van der Waals surface area (Å²) in [4.78, 5) is 16.9. The van der Waals surface area contributed by atoms with E-state index in [-0.39, 0.29) is 17.8 Å². The van der Waals surface area contributed by atoms with Crippen LogP contribution in [0.25, 0.3) is 6.08 Å². The van der Waals surface area contributed by atoms with Crippen LogP contribution in [0.15, 0.2) is 55.1 Å². The molecule has 7 atom stereocenters. The third-order valence-corrected chi connectivity index (χ3v) is 9.79. The first-order valence-corrected chi connectivity index (χ1v) is 14.0. The molecule has 2 aliphatic heterocycles. The molecule has 8 nitrogen and oxygen atoms in total. The number of esters is 1. The van der Waals surface area contributed by atoms with Gasteiger partial charge < -0.3 is 9.47 Å². The zero-order chi connectivity index (χ0) is 25.7. The van der Waals surface area contributed by atoms with E-state index in [9.17, 15) is 13.2 Å². The van der Waals surface area contributed by atoms with E-state index in [0.29, 0.717) is 12.3 Å². The van der Waals surface area contributed by atoms with Crippen LogP contribution >= 0.6 is 0 Å². The monoisotopic (exact) mass is 514 g/mol. The van der Waals surface area contributed by atoms with Gasteiger partial charge in [-0.3, -0.25) is 0 Å². The molecule has 3 aliphatic rings. The standard InChI is InChI=1S/C27H34N2O6S/c1-18(2)27-16-22(34-36(31,32)29-15-14-28-17-29)26(4,35-27)21-12-10-19(3)24(21)25(27)33-23(30)13-11-20-8-6-5-7-9-20/h5-9,11,13-15,17-19,21-22,24-25H,10,12,16H2,1-4H3/b13-11+. The smallest absolute Gasteiger partial charge is 0.367 e. The van der Waals surface area contributed by atoms with Crippen LogP contribution in [0, 0.1) is 23.7 Å². The Kier molecular flexibility index (Phi) is 6.37. The van der Waals surface area contributed by atoms with E-state index >= 15 is 0 Å². The molecule has 9 heteroatoms. The fourth-order valence-electron chi connectivity index (χ4n) is 6.68. The molecule has 0 radical (unpaired) electrons. The van der Waals surface area contributed by atoms with Crippen LogP contribution in [0.4, 0.5) is 0 Å². The number of aromatic nitrogens is 2. The number of carbonyl (C=O) groups is 1. The van der Waals surface area contributed by atoms with Gasteiger partial charge in [-0.15, -0.1) is 0 Å². The molecule has 0 spiro atoms. The first-order valence-electron chi connectivity index (χ1n) is 12.6. The Hall–Kier alpha value is -2.49. The normalized spacial score (nSPS) is 35.9. The van der Waals surface area contributed by atoms with Crippen LogP contribution in [-0.2, 0) is 28.8 Å². The largest absolute Gasteiger partial charge is 0.456 e. The molecule has 194 valence electrons. The minimum absolute atomic E-state index is 0.000708. The number of nitrogens with zero attached hydrogens (tertiary/aromatic N) is 2. The summed E-state index contributed by atoms with van der Waals surface area (Å²) in [7, 11) is -4.10. The molecule has 7 unspecified atom stereocenters. The number of benzene rings is 1. The Morgan fingerprint density at radius 1 is 1.25 bits per heavy atom. The highest BCUT2D eigenvalue weighted by Gasteiger charge is 2.72. The fraction of sp³-hybridized carbons (Fsp3) is 0.556. The summed E-state index contributed by atoms with van der Waals surface area (Å²) in [5, 5.41) is 0. The van der Waals surface area contributed by atoms with Gasteiger partial charge in [0, 0.05) is 30.8 Å². The summed E-state index contributed by atoms with van der Waals surface area (Å²) in [5.41, 5.74) is -0.776. The van der Waals surface area contributed by atoms with Crippen molar-refractivity contribution in [1.29, 1.82) is 0 Å². The molecule has 2 saturated heterocycles. The molecule has 0 N–H and O–H groups in total. The maximum absolute atomic E-state index is 13.1. The van der Waals surface area contributed by atoms with Crippen LogP contribution in [0.1, 0.15) is 52.5 Å². The predicted molar refractivity (Wildman–Crippen MR) is 134 cm³/mol. The van der Waals surface area contributed by atoms with Crippen molar-refractivity contribution < 1.29 is 26.9 Å². The van der Waals surface area contributed by atoms with Gasteiger partial charge in [-0.05, 0) is 49.2 Å². The van der Waals surface area contributed by atoms with E-state index in [1.54, 1.807) is 6.08 Å². The molecule has 1 aliphatic carbocycles. The molecule has 36 heavy (non-hydrogen) atoms. The molecule has 1 aromatic carbocycles. The number of ether oxygens (including phenoxy) is 2. The third kappa shape index (κ3) is 4.11. The van der Waals surface area contributed by atoms with Crippen molar-refractivity contribution in [3.05, 3.63) is 60.7 Å². The highest BCUT2D eigenvalue weighted by atomic mass is 32.2. The van der Waals surface area contributed by atoms with Crippen molar-refractivity contribution in [2.24, 2.45) is 23.7 Å². The van der Waals surface area contributed by atoms with Crippen molar-refractivity contribution in [2.45, 2.75) is 70.4 Å². The Balaban J connectivity index is 1.48. The molecular formula is C27H34N2O6S. The second-order valence-corrected chi connectivity index (χ2v) is 12.3. The highest BCUT2D eigenvalue weighted by Crippen LogP contribution is 2.63. The summed E-state index contributed by atoms with van der Waals surface area (Å²) in [6, 6.07) is 9.59. The molecule has 5 rings (SSSR count). The number of hydrogen-bond acceptors (Lipinski definition) is 7. The van der Waals surface area contributed by atoms with E-state index in [4.69, 9.17) is 13.7 Å². The van der Waals surface area contributed by atoms with Crippen LogP contribution in [0.2, 0.25) is 0 Å². The van der Waals surface area contributed by atoms with Crippen molar-refractivity contribution in [1.82, 2.24) is 8.96 Å². The van der Waals surface area contributed by atoms with Crippen LogP contribution in [-0.4, -0.2) is 46.8 Å². The van der Waals surface area contributed by atoms with E-state index in [1.165, 1.54) is 24.8 Å². The van der Waals surface area contributed by atoms with Gasteiger partial charge in [-0.1, -0.05) is 51.1 Å². The molecule has 3 heterocycles. The van der Waals surface area contributed by atoms with Gasteiger partial charge in [0.05, 0.1) is 5.60 Å². The summed E-state index contributed by atoms with van der Waals surface area (Å²) in [6.07, 6.45) is 8.06. The van der Waals surface area contributed by atoms with E-state index in [0.717, 1.165) is 22.4 Å². The SMILES string of the molecule is CC1CCC2C1C(OC(=O)/C=C/c1ccccc1)C1(C(C)C)CC(OS(=O)(=O)n3ccnc3)C2(C)O1. The molecule has 1 aromatic heterocycles. The van der Waals surface area contributed by atoms with E-state index < -0.39 is 39.7 Å². The van der Waals surface area contributed by atoms with Crippen molar-refractivity contribution in [2.75, 3.05) is 0 Å². The zero-order valence-corrected chi connectivity index (χ0v) is 21.9. The highest BCUT2D eigenvalue weighted by molar-refractivity contribution is 7.85. The second kappa shape index (κ2) is 9.11. The lowest BCUT2D eigenvalue weighted by molar-refractivity contribution is -0.262. The van der Waals surface area contributed by atoms with Crippen LogP contribution in [0.3, 0.4) is 0 Å². The number of rotatable bonds is 7. The lowest BCUT2D eigenvalue weighted by Gasteiger charge is -2.53. The average molecular weight is 515 g/mol. The average Bonchev–Trinajstić information content (AvgIpc) is 3.56. The lowest BCUT2D eigenvalue weighted by atomic mass is 9.69. The van der Waals surface area contributed by atoms with Gasteiger partial charge in [0.1, 0.15) is 24.1 Å².